The van der Waals surface area contributed by atoms with E-state index in [0.717, 1.165) is 37.7 Å². The lowest BCUT2D eigenvalue weighted by molar-refractivity contribution is -0.137. The Labute approximate surface area is 300 Å². The van der Waals surface area contributed by atoms with Gasteiger partial charge in [-0.15, -0.1) is 30.1 Å². The number of hydrogen-bond donors (Lipinski definition) is 4. The zero-order valence-corrected chi connectivity index (χ0v) is 30.0. The fourth-order valence-corrected chi connectivity index (χ4v) is 6.93. The molecule has 1 saturated carbocycles. The molecule has 0 saturated heterocycles. The van der Waals surface area contributed by atoms with Gasteiger partial charge in [-0.1, -0.05) is 68.4 Å². The molecule has 1 heterocycles. The number of likely N-dealkylation sites (N-methyl/N-ethyl adjacent to an activating group) is 2. The Morgan fingerprint density at radius 2 is 1.78 bits per heavy atom. The van der Waals surface area contributed by atoms with E-state index >= 15 is 0 Å². The average Bonchev–Trinajstić information content (AvgIpc) is 3.67. The van der Waals surface area contributed by atoms with Gasteiger partial charge in [-0.2, -0.15) is 0 Å². The Bertz CT molecular complexity index is 1410. The number of rotatable bonds is 20. The van der Waals surface area contributed by atoms with Crippen molar-refractivity contribution in [2.24, 2.45) is 11.8 Å². The highest BCUT2D eigenvalue weighted by atomic mass is 32.1. The third kappa shape index (κ3) is 12.8. The molecule has 6 atom stereocenters. The molecule has 4 N–H and O–H groups in total. The molecule has 50 heavy (non-hydrogen) atoms. The Kier molecular flexibility index (Phi) is 17.4. The summed E-state index contributed by atoms with van der Waals surface area (Å²) < 4.78 is 13.0. The van der Waals surface area contributed by atoms with Crippen molar-refractivity contribution < 1.29 is 29.0 Å². The van der Waals surface area contributed by atoms with E-state index in [9.17, 15) is 29.0 Å². The maximum atomic E-state index is 14.3. The molecule has 0 bridgehead atoms. The summed E-state index contributed by atoms with van der Waals surface area (Å²) in [6.45, 7) is -0.0630. The second-order valence-corrected chi connectivity index (χ2v) is 14.0. The predicted octanol–water partition coefficient (Wildman–Crippen LogP) is 3.50. The molecule has 5 unspecified atom stereocenters. The van der Waals surface area contributed by atoms with E-state index in [0.29, 0.717) is 18.7 Å². The van der Waals surface area contributed by atoms with Crippen molar-refractivity contribution >= 4 is 29.1 Å². The van der Waals surface area contributed by atoms with E-state index in [-0.39, 0.29) is 44.1 Å². The third-order valence-corrected chi connectivity index (χ3v) is 10.1. The molecule has 0 spiro atoms. The summed E-state index contributed by atoms with van der Waals surface area (Å²) in [6.07, 6.45) is 14.9. The minimum Gasteiger partial charge on any atom is -0.390 e. The van der Waals surface area contributed by atoms with Crippen molar-refractivity contribution in [2.75, 3.05) is 34.0 Å². The summed E-state index contributed by atoms with van der Waals surface area (Å²) in [5.74, 6) is 2.02. The maximum absolute atomic E-state index is 14.3. The van der Waals surface area contributed by atoms with Crippen molar-refractivity contribution in [2.45, 2.75) is 94.4 Å². The summed E-state index contributed by atoms with van der Waals surface area (Å²) >= 11 is 1.30. The number of alkyl halides is 1. The molecule has 10 nitrogen and oxygen atoms in total. The smallest absolute Gasteiger partial charge is 0.244 e. The molecule has 2 aromatic rings. The van der Waals surface area contributed by atoms with Gasteiger partial charge in [0.2, 0.25) is 17.7 Å². The van der Waals surface area contributed by atoms with Crippen LogP contribution < -0.4 is 10.6 Å². The first-order chi connectivity index (χ1) is 24.1. The van der Waals surface area contributed by atoms with Crippen molar-refractivity contribution in [1.29, 1.82) is 0 Å². The number of hydrogen-bond acceptors (Lipinski definition) is 8. The fourth-order valence-electron chi connectivity index (χ4n) is 6.34. The van der Waals surface area contributed by atoms with E-state index in [1.54, 1.807) is 25.0 Å². The number of aromatic nitrogens is 1. The summed E-state index contributed by atoms with van der Waals surface area (Å²) in [6, 6.07) is 7.12. The molecular weight excluding hydrogens is 658 g/mol. The Hall–Kier alpha value is -3.81. The summed E-state index contributed by atoms with van der Waals surface area (Å²) in [7, 11) is 3.21. The van der Waals surface area contributed by atoms with Gasteiger partial charge in [0.15, 0.2) is 0 Å². The summed E-state index contributed by atoms with van der Waals surface area (Å²) in [5.41, 5.74) is 2.83. The van der Waals surface area contributed by atoms with Crippen molar-refractivity contribution in [3.8, 4) is 24.7 Å². The van der Waals surface area contributed by atoms with Gasteiger partial charge in [0.05, 0.1) is 35.2 Å². The highest BCUT2D eigenvalue weighted by Crippen LogP contribution is 2.29. The van der Waals surface area contributed by atoms with Crippen LogP contribution in [0.4, 0.5) is 4.39 Å². The molecule has 1 aliphatic rings. The van der Waals surface area contributed by atoms with Crippen LogP contribution in [0.25, 0.3) is 0 Å². The molecule has 272 valence electrons. The Morgan fingerprint density at radius 1 is 1.06 bits per heavy atom. The highest BCUT2D eigenvalue weighted by molar-refractivity contribution is 7.07. The first-order valence-corrected chi connectivity index (χ1v) is 18.3. The normalized spacial score (nSPS) is 17.0. The second-order valence-electron chi connectivity index (χ2n) is 13.3. The number of halogens is 1. The molecular formula is C38H52FN5O5S. The van der Waals surface area contributed by atoms with Crippen molar-refractivity contribution in [1.82, 2.24) is 25.4 Å². The van der Waals surface area contributed by atoms with Crippen LogP contribution >= 0.6 is 11.3 Å². The van der Waals surface area contributed by atoms with Crippen molar-refractivity contribution in [3.05, 3.63) is 52.5 Å². The minimum absolute atomic E-state index is 0.160. The van der Waals surface area contributed by atoms with E-state index in [1.165, 1.54) is 21.1 Å². The van der Waals surface area contributed by atoms with Gasteiger partial charge in [-0.3, -0.25) is 19.3 Å². The number of nitrogens with one attached hydrogen (secondary N) is 2. The second kappa shape index (κ2) is 21.4. The van der Waals surface area contributed by atoms with E-state index in [4.69, 9.17) is 12.8 Å². The van der Waals surface area contributed by atoms with Crippen LogP contribution in [0.1, 0.15) is 75.0 Å². The number of amides is 3. The zero-order chi connectivity index (χ0) is 36.5. The first-order valence-electron chi connectivity index (χ1n) is 17.3. The Balaban J connectivity index is 1.91. The average molecular weight is 710 g/mol. The van der Waals surface area contributed by atoms with Crippen LogP contribution in [0.3, 0.4) is 0 Å². The number of terminal acetylenes is 2. The number of nitrogens with zero attached hydrogens (tertiary/aromatic N) is 3. The fraction of sp³-hybridized carbons (Fsp3) is 0.579. The molecule has 1 fully saturated rings. The lowest BCUT2D eigenvalue weighted by atomic mass is 9.82. The van der Waals surface area contributed by atoms with Crippen LogP contribution in [0.15, 0.2) is 41.2 Å². The Morgan fingerprint density at radius 3 is 2.40 bits per heavy atom. The van der Waals surface area contributed by atoms with E-state index in [2.05, 4.69) is 27.5 Å². The van der Waals surface area contributed by atoms with Gasteiger partial charge >= 0.3 is 0 Å². The lowest BCUT2D eigenvalue weighted by Crippen LogP contribution is -2.57. The standard InChI is InChI=1S/C38H52FN5O5S/c1-5-7-18-33(45)36(47)31(22-28-16-12-9-13-17-28)41-38(49)35(30(6-2)32-24-50-26-40-32)42-37(48)29(21-27-14-10-8-11-15-27)23-34(46)44(4)20-19-43(3)25-39/h1-2,8,10-11,14-15,24,26,28-31,33,35-36,45,47H,7,9,12-13,16-23,25H2,3-4H3,(H,41,49)(H,42,48)/t29?,30?,31?,33?,35-,36?/m0/s1. The highest BCUT2D eigenvalue weighted by Gasteiger charge is 2.37. The number of aliphatic hydroxyl groups excluding tert-OH is 2. The summed E-state index contributed by atoms with van der Waals surface area (Å²) in [5, 5.41) is 29.6. The number of aliphatic hydroxyl groups is 2. The van der Waals surface area contributed by atoms with Crippen LogP contribution in [0, 0.1) is 36.5 Å². The molecule has 0 radical (unpaired) electrons. The molecule has 1 aromatic heterocycles. The third-order valence-electron chi connectivity index (χ3n) is 9.46. The molecule has 0 aliphatic heterocycles. The number of carbonyl (C=O) groups is 3. The number of carbonyl (C=O) groups excluding carboxylic acids is 3. The van der Waals surface area contributed by atoms with Gasteiger partial charge in [0.25, 0.3) is 0 Å². The monoisotopic (exact) mass is 709 g/mol. The zero-order valence-electron chi connectivity index (χ0n) is 29.2. The number of thiazole rings is 1. The molecule has 3 rings (SSSR count). The number of benzene rings is 1. The lowest BCUT2D eigenvalue weighted by Gasteiger charge is -2.34. The van der Waals surface area contributed by atoms with E-state index < -0.39 is 54.7 Å². The molecule has 1 aromatic carbocycles. The first kappa shape index (κ1) is 40.6. The largest absolute Gasteiger partial charge is 0.390 e. The van der Waals surface area contributed by atoms with Gasteiger partial charge < -0.3 is 25.7 Å². The van der Waals surface area contributed by atoms with Gasteiger partial charge in [0.1, 0.15) is 18.9 Å². The minimum atomic E-state index is -1.30. The van der Waals surface area contributed by atoms with Crippen LogP contribution in [-0.4, -0.2) is 101 Å². The summed E-state index contributed by atoms with van der Waals surface area (Å²) in [4.78, 5) is 49.0. The van der Waals surface area contributed by atoms with Crippen LogP contribution in [0.2, 0.25) is 0 Å². The molecule has 3 amide bonds. The van der Waals surface area contributed by atoms with E-state index in [1.807, 2.05) is 30.3 Å². The molecule has 1 aliphatic carbocycles. The van der Waals surface area contributed by atoms with Crippen molar-refractivity contribution in [3.63, 3.8) is 0 Å². The predicted molar refractivity (Wildman–Crippen MR) is 193 cm³/mol. The topological polar surface area (TPSA) is 135 Å². The van der Waals surface area contributed by atoms with Crippen LogP contribution in [0.5, 0.6) is 0 Å². The maximum Gasteiger partial charge on any atom is 0.244 e. The van der Waals surface area contributed by atoms with Gasteiger partial charge in [-0.25, -0.2) is 9.37 Å². The van der Waals surface area contributed by atoms with Gasteiger partial charge in [-0.05, 0) is 37.8 Å². The van der Waals surface area contributed by atoms with Gasteiger partial charge in [0, 0.05) is 38.4 Å². The molecule has 12 heteroatoms. The quantitative estimate of drug-likeness (QED) is 0.122. The SMILES string of the molecule is C#CCCC(O)C(O)C(CC1CCCCC1)NC(=O)[C@@H](NC(=O)C(CC(=O)N(C)CCN(C)CF)Cc1ccccc1)C(C#C)c1cscn1. The van der Waals surface area contributed by atoms with Crippen LogP contribution in [-0.2, 0) is 20.8 Å².